The van der Waals surface area contributed by atoms with Crippen molar-refractivity contribution >= 4 is 17.5 Å². The van der Waals surface area contributed by atoms with E-state index in [0.717, 1.165) is 31.2 Å². The molecule has 0 bridgehead atoms. The number of halogens is 1. The first-order valence-corrected chi connectivity index (χ1v) is 10.00. The van der Waals surface area contributed by atoms with E-state index in [9.17, 15) is 4.79 Å². The highest BCUT2D eigenvalue weighted by atomic mass is 35.5. The first-order valence-electron chi connectivity index (χ1n) is 9.62. The van der Waals surface area contributed by atoms with Gasteiger partial charge in [0.2, 0.25) is 5.91 Å². The van der Waals surface area contributed by atoms with Crippen molar-refractivity contribution in [2.45, 2.75) is 44.3 Å². The molecule has 5 rings (SSSR count). The van der Waals surface area contributed by atoms with Crippen LogP contribution >= 0.6 is 11.6 Å². The number of nitrogens with zero attached hydrogens (tertiary/aromatic N) is 5. The number of carbonyl (C=O) groups is 1. The number of aromatic nitrogens is 4. The lowest BCUT2D eigenvalue weighted by atomic mass is 10.1. The van der Waals surface area contributed by atoms with Crippen molar-refractivity contribution in [3.05, 3.63) is 64.7 Å². The molecular formula is C21H20ClN5O. The molecule has 2 aromatic carbocycles. The van der Waals surface area contributed by atoms with Gasteiger partial charge in [0.05, 0.1) is 11.1 Å². The Bertz CT molecular complexity index is 1030. The summed E-state index contributed by atoms with van der Waals surface area (Å²) in [6.07, 6.45) is 4.14. The number of hydrogen-bond acceptors (Lipinski definition) is 4. The molecule has 6 nitrogen and oxygen atoms in total. The normalized spacial score (nSPS) is 18.1. The van der Waals surface area contributed by atoms with E-state index in [2.05, 4.69) is 44.7 Å². The van der Waals surface area contributed by atoms with Crippen LogP contribution in [0.1, 0.15) is 36.4 Å². The molecule has 1 amide bonds. The van der Waals surface area contributed by atoms with E-state index >= 15 is 0 Å². The van der Waals surface area contributed by atoms with E-state index in [1.54, 1.807) is 10.7 Å². The molecule has 1 aromatic heterocycles. The van der Waals surface area contributed by atoms with E-state index < -0.39 is 0 Å². The minimum absolute atomic E-state index is 0.0600. The summed E-state index contributed by atoms with van der Waals surface area (Å²) in [6, 6.07) is 16.3. The van der Waals surface area contributed by atoms with Crippen LogP contribution in [0.4, 0.5) is 0 Å². The summed E-state index contributed by atoms with van der Waals surface area (Å²) in [5, 5.41) is 12.5. The lowest BCUT2D eigenvalue weighted by molar-refractivity contribution is -0.135. The molecule has 0 aliphatic heterocycles. The monoisotopic (exact) mass is 393 g/mol. The summed E-state index contributed by atoms with van der Waals surface area (Å²) in [7, 11) is 0. The van der Waals surface area contributed by atoms with Crippen LogP contribution in [0.5, 0.6) is 0 Å². The Morgan fingerprint density at radius 2 is 1.89 bits per heavy atom. The van der Waals surface area contributed by atoms with Crippen molar-refractivity contribution in [2.75, 3.05) is 0 Å². The maximum atomic E-state index is 13.3. The maximum Gasteiger partial charge on any atom is 0.245 e. The predicted octanol–water partition coefficient (Wildman–Crippen LogP) is 3.67. The van der Waals surface area contributed by atoms with Gasteiger partial charge in [-0.2, -0.15) is 0 Å². The number of hydrogen-bond donors (Lipinski definition) is 0. The van der Waals surface area contributed by atoms with Crippen LogP contribution < -0.4 is 0 Å². The van der Waals surface area contributed by atoms with E-state index in [1.807, 2.05) is 18.2 Å². The largest absolute Gasteiger partial charge is 0.331 e. The lowest BCUT2D eigenvalue weighted by Crippen LogP contribution is -2.38. The summed E-state index contributed by atoms with van der Waals surface area (Å²) in [5.41, 5.74) is 3.36. The molecule has 1 unspecified atom stereocenters. The van der Waals surface area contributed by atoms with Crippen LogP contribution in [0.3, 0.4) is 0 Å². The van der Waals surface area contributed by atoms with Gasteiger partial charge in [-0.3, -0.25) is 4.79 Å². The number of tetrazole rings is 1. The average molecular weight is 394 g/mol. The third kappa shape index (κ3) is 3.07. The van der Waals surface area contributed by atoms with Gasteiger partial charge in [0, 0.05) is 11.6 Å². The zero-order chi connectivity index (χ0) is 19.1. The van der Waals surface area contributed by atoms with Crippen molar-refractivity contribution in [3.8, 4) is 11.4 Å². The summed E-state index contributed by atoms with van der Waals surface area (Å²) in [5.74, 6) is 0.575. The summed E-state index contributed by atoms with van der Waals surface area (Å²) < 4.78 is 1.56. The lowest BCUT2D eigenvalue weighted by Gasteiger charge is -2.30. The van der Waals surface area contributed by atoms with E-state index in [4.69, 9.17) is 11.6 Å². The highest BCUT2D eigenvalue weighted by Crippen LogP contribution is 2.42. The van der Waals surface area contributed by atoms with Crippen molar-refractivity contribution in [3.63, 3.8) is 0 Å². The third-order valence-electron chi connectivity index (χ3n) is 5.60. The standard InChI is InChI=1S/C21H20ClN5O/c22-18-8-4-3-7-17(18)21-23-24-25-26(21)13-20(28)27(15-10-11-15)19-12-9-14-5-1-2-6-16(14)19/h1-8,15,19H,9-13H2. The topological polar surface area (TPSA) is 63.9 Å². The maximum absolute atomic E-state index is 13.3. The number of aryl methyl sites for hydroxylation is 1. The Labute approximate surface area is 168 Å². The van der Waals surface area contributed by atoms with Crippen molar-refractivity contribution in [1.82, 2.24) is 25.1 Å². The van der Waals surface area contributed by atoms with Crippen LogP contribution in [-0.4, -0.2) is 37.1 Å². The van der Waals surface area contributed by atoms with Gasteiger partial charge in [-0.15, -0.1) is 5.10 Å². The molecule has 1 atom stereocenters. The molecule has 28 heavy (non-hydrogen) atoms. The molecule has 3 aromatic rings. The van der Waals surface area contributed by atoms with E-state index in [1.165, 1.54) is 11.1 Å². The fourth-order valence-electron chi connectivity index (χ4n) is 4.16. The number of rotatable bonds is 5. The van der Waals surface area contributed by atoms with Crippen molar-refractivity contribution < 1.29 is 4.79 Å². The fraction of sp³-hybridized carbons (Fsp3) is 0.333. The molecule has 1 heterocycles. The van der Waals surface area contributed by atoms with Gasteiger partial charge < -0.3 is 4.90 Å². The van der Waals surface area contributed by atoms with E-state index in [0.29, 0.717) is 16.9 Å². The first kappa shape index (κ1) is 17.4. The molecule has 7 heteroatoms. The molecule has 2 aliphatic rings. The minimum atomic E-state index is 0.0600. The second-order valence-electron chi connectivity index (χ2n) is 7.43. The highest BCUT2D eigenvalue weighted by Gasteiger charge is 2.40. The number of fused-ring (bicyclic) bond motifs is 1. The number of amides is 1. The first-order chi connectivity index (χ1) is 13.7. The van der Waals surface area contributed by atoms with E-state index in [-0.39, 0.29) is 18.5 Å². The Balaban J connectivity index is 1.43. The summed E-state index contributed by atoms with van der Waals surface area (Å²) in [6.45, 7) is 0.114. The minimum Gasteiger partial charge on any atom is -0.331 e. The Kier molecular flexibility index (Phi) is 4.36. The van der Waals surface area contributed by atoms with Gasteiger partial charge in [0.15, 0.2) is 5.82 Å². The van der Waals surface area contributed by atoms with Crippen LogP contribution in [0.25, 0.3) is 11.4 Å². The Morgan fingerprint density at radius 3 is 2.71 bits per heavy atom. The molecule has 2 aliphatic carbocycles. The summed E-state index contributed by atoms with van der Waals surface area (Å²) >= 11 is 6.30. The van der Waals surface area contributed by atoms with Gasteiger partial charge in [-0.25, -0.2) is 4.68 Å². The van der Waals surface area contributed by atoms with Gasteiger partial charge in [-0.1, -0.05) is 48.0 Å². The third-order valence-corrected chi connectivity index (χ3v) is 5.93. The average Bonchev–Trinajstić information content (AvgIpc) is 3.28. The van der Waals surface area contributed by atoms with Crippen LogP contribution in [0, 0.1) is 0 Å². The SMILES string of the molecule is O=C(Cn1nnnc1-c1ccccc1Cl)N(C1CC1)C1CCc2ccccc21. The molecule has 0 N–H and O–H groups in total. The Hall–Kier alpha value is -2.73. The van der Waals surface area contributed by atoms with Gasteiger partial charge in [-0.05, 0) is 59.4 Å². The summed E-state index contributed by atoms with van der Waals surface area (Å²) in [4.78, 5) is 15.4. The molecule has 0 radical (unpaired) electrons. The molecule has 1 fully saturated rings. The molecule has 0 spiro atoms. The second kappa shape index (κ2) is 7.02. The predicted molar refractivity (Wildman–Crippen MR) is 106 cm³/mol. The molecular weight excluding hydrogens is 374 g/mol. The smallest absolute Gasteiger partial charge is 0.245 e. The second-order valence-corrected chi connectivity index (χ2v) is 7.83. The highest BCUT2D eigenvalue weighted by molar-refractivity contribution is 6.33. The quantitative estimate of drug-likeness (QED) is 0.663. The van der Waals surface area contributed by atoms with Crippen molar-refractivity contribution in [2.24, 2.45) is 0 Å². The zero-order valence-electron chi connectivity index (χ0n) is 15.3. The van der Waals surface area contributed by atoms with Crippen LogP contribution in [0.15, 0.2) is 48.5 Å². The van der Waals surface area contributed by atoms with Crippen molar-refractivity contribution in [1.29, 1.82) is 0 Å². The molecule has 0 saturated heterocycles. The van der Waals surface area contributed by atoms with Gasteiger partial charge in [0.1, 0.15) is 6.54 Å². The van der Waals surface area contributed by atoms with Crippen LogP contribution in [0.2, 0.25) is 5.02 Å². The molecule has 1 saturated carbocycles. The Morgan fingerprint density at radius 1 is 1.11 bits per heavy atom. The van der Waals surface area contributed by atoms with Gasteiger partial charge in [0.25, 0.3) is 0 Å². The van der Waals surface area contributed by atoms with Gasteiger partial charge >= 0.3 is 0 Å². The molecule has 142 valence electrons. The van der Waals surface area contributed by atoms with Crippen LogP contribution in [-0.2, 0) is 17.8 Å². The number of carbonyl (C=O) groups excluding carboxylic acids is 1. The zero-order valence-corrected chi connectivity index (χ0v) is 16.1. The fourth-order valence-corrected chi connectivity index (χ4v) is 4.38. The number of benzene rings is 2.